The molecule has 0 aliphatic carbocycles. The maximum absolute atomic E-state index is 12.2. The number of rotatable bonds is 7. The molecule has 0 fully saturated rings. The second-order valence-electron chi connectivity index (χ2n) is 6.09. The van der Waals surface area contributed by atoms with Crippen LogP contribution in [-0.4, -0.2) is 31.1 Å². The number of ether oxygens (including phenoxy) is 1. The van der Waals surface area contributed by atoms with Crippen LogP contribution in [0.25, 0.3) is 10.9 Å². The van der Waals surface area contributed by atoms with Gasteiger partial charge in [-0.05, 0) is 37.3 Å². The summed E-state index contributed by atoms with van der Waals surface area (Å²) in [7, 11) is 1.59. The van der Waals surface area contributed by atoms with Crippen LogP contribution in [0.5, 0.6) is 5.75 Å². The lowest BCUT2D eigenvalue weighted by Crippen LogP contribution is -2.33. The van der Waals surface area contributed by atoms with E-state index in [9.17, 15) is 4.79 Å². The van der Waals surface area contributed by atoms with Gasteiger partial charge in [-0.15, -0.1) is 0 Å². The number of amides is 1. The average molecular weight is 349 g/mol. The van der Waals surface area contributed by atoms with Crippen LogP contribution in [0.15, 0.2) is 60.7 Å². The molecule has 3 aromatic rings. The predicted molar refractivity (Wildman–Crippen MR) is 103 cm³/mol. The van der Waals surface area contributed by atoms with Crippen LogP contribution in [0.1, 0.15) is 29.0 Å². The van der Waals surface area contributed by atoms with Gasteiger partial charge >= 0.3 is 0 Å². The molecule has 5 nitrogen and oxygen atoms in total. The standard InChI is InChI=1S/C21H23N3O2/c1-15(19-11-10-16-6-3-4-9-20(16)24-19)22-12-13-23-21(25)17-7-5-8-18(14-17)26-2/h3-11,14-15,22H,12-13H2,1-2H3,(H,23,25). The first kappa shape index (κ1) is 17.9. The molecule has 2 aromatic carbocycles. The molecule has 0 saturated carbocycles. The van der Waals surface area contributed by atoms with Gasteiger partial charge < -0.3 is 15.4 Å². The molecule has 3 rings (SSSR count). The van der Waals surface area contributed by atoms with Gasteiger partial charge in [0.15, 0.2) is 0 Å². The molecule has 0 aliphatic rings. The molecule has 1 atom stereocenters. The number of methoxy groups -OCH3 is 1. The van der Waals surface area contributed by atoms with Gasteiger partial charge in [0.2, 0.25) is 0 Å². The third-order valence-electron chi connectivity index (χ3n) is 4.26. The zero-order chi connectivity index (χ0) is 18.4. The zero-order valence-electron chi connectivity index (χ0n) is 15.0. The van der Waals surface area contributed by atoms with Crippen LogP contribution in [0, 0.1) is 0 Å². The summed E-state index contributed by atoms with van der Waals surface area (Å²) in [4.78, 5) is 16.9. The molecular weight excluding hydrogens is 326 g/mol. The molecule has 5 heteroatoms. The molecule has 0 spiro atoms. The van der Waals surface area contributed by atoms with Gasteiger partial charge in [-0.3, -0.25) is 9.78 Å². The molecule has 0 bridgehead atoms. The molecule has 1 heterocycles. The first-order valence-corrected chi connectivity index (χ1v) is 8.68. The topological polar surface area (TPSA) is 63.2 Å². The first-order valence-electron chi connectivity index (χ1n) is 8.68. The average Bonchev–Trinajstić information content (AvgIpc) is 2.70. The first-order chi connectivity index (χ1) is 12.7. The minimum Gasteiger partial charge on any atom is -0.497 e. The van der Waals surface area contributed by atoms with Gasteiger partial charge in [-0.2, -0.15) is 0 Å². The van der Waals surface area contributed by atoms with Gasteiger partial charge in [-0.25, -0.2) is 0 Å². The smallest absolute Gasteiger partial charge is 0.251 e. The van der Waals surface area contributed by atoms with Crippen molar-refractivity contribution in [3.63, 3.8) is 0 Å². The van der Waals surface area contributed by atoms with Gasteiger partial charge in [0.1, 0.15) is 5.75 Å². The Kier molecular flexibility index (Phi) is 5.81. The van der Waals surface area contributed by atoms with Crippen LogP contribution < -0.4 is 15.4 Å². The maximum atomic E-state index is 12.2. The summed E-state index contributed by atoms with van der Waals surface area (Å²) in [5.41, 5.74) is 2.57. The van der Waals surface area contributed by atoms with Crippen molar-refractivity contribution in [2.75, 3.05) is 20.2 Å². The van der Waals surface area contributed by atoms with Crippen LogP contribution in [-0.2, 0) is 0 Å². The summed E-state index contributed by atoms with van der Waals surface area (Å²) in [6.45, 7) is 3.26. The highest BCUT2D eigenvalue weighted by atomic mass is 16.5. The van der Waals surface area contributed by atoms with E-state index in [1.165, 1.54) is 0 Å². The van der Waals surface area contributed by atoms with Crippen LogP contribution in [0.4, 0.5) is 0 Å². The fourth-order valence-corrected chi connectivity index (χ4v) is 2.76. The van der Waals surface area contributed by atoms with Crippen molar-refractivity contribution in [3.05, 3.63) is 71.9 Å². The molecule has 26 heavy (non-hydrogen) atoms. The third kappa shape index (κ3) is 4.37. The van der Waals surface area contributed by atoms with Crippen molar-refractivity contribution in [2.24, 2.45) is 0 Å². The van der Waals surface area contributed by atoms with Crippen molar-refractivity contribution in [1.82, 2.24) is 15.6 Å². The molecule has 1 unspecified atom stereocenters. The number of benzene rings is 2. The quantitative estimate of drug-likeness (QED) is 0.642. The van der Waals surface area contributed by atoms with E-state index in [4.69, 9.17) is 9.72 Å². The number of carbonyl (C=O) groups is 1. The van der Waals surface area contributed by atoms with E-state index >= 15 is 0 Å². The minimum atomic E-state index is -0.109. The number of nitrogens with zero attached hydrogens (tertiary/aromatic N) is 1. The summed E-state index contributed by atoms with van der Waals surface area (Å²) in [5.74, 6) is 0.564. The number of hydrogen-bond acceptors (Lipinski definition) is 4. The highest BCUT2D eigenvalue weighted by Gasteiger charge is 2.09. The van der Waals surface area contributed by atoms with Crippen molar-refractivity contribution in [2.45, 2.75) is 13.0 Å². The number of nitrogens with one attached hydrogen (secondary N) is 2. The Bertz CT molecular complexity index is 895. The molecule has 0 saturated heterocycles. The molecule has 0 radical (unpaired) electrons. The fraction of sp³-hybridized carbons (Fsp3) is 0.238. The van der Waals surface area contributed by atoms with Crippen LogP contribution >= 0.6 is 0 Å². The van der Waals surface area contributed by atoms with E-state index in [0.717, 1.165) is 16.6 Å². The third-order valence-corrected chi connectivity index (χ3v) is 4.26. The summed E-state index contributed by atoms with van der Waals surface area (Å²) >= 11 is 0. The van der Waals surface area contributed by atoms with Crippen molar-refractivity contribution >= 4 is 16.8 Å². The lowest BCUT2D eigenvalue weighted by atomic mass is 10.1. The van der Waals surface area contributed by atoms with E-state index in [2.05, 4.69) is 29.7 Å². The SMILES string of the molecule is COc1cccc(C(=O)NCCNC(C)c2ccc3ccccc3n2)c1. The van der Waals surface area contributed by atoms with E-state index in [-0.39, 0.29) is 11.9 Å². The van der Waals surface area contributed by atoms with E-state index in [1.54, 1.807) is 25.3 Å². The van der Waals surface area contributed by atoms with Gasteiger partial charge in [0, 0.05) is 30.1 Å². The summed E-state index contributed by atoms with van der Waals surface area (Å²) in [6, 6.07) is 19.4. The lowest BCUT2D eigenvalue weighted by molar-refractivity contribution is 0.0953. The number of pyridine rings is 1. The lowest BCUT2D eigenvalue weighted by Gasteiger charge is -2.14. The highest BCUT2D eigenvalue weighted by molar-refractivity contribution is 5.94. The minimum absolute atomic E-state index is 0.105. The normalized spacial score (nSPS) is 11.9. The Morgan fingerprint density at radius 1 is 1.08 bits per heavy atom. The number of fused-ring (bicyclic) bond motifs is 1. The van der Waals surface area contributed by atoms with Crippen LogP contribution in [0.2, 0.25) is 0 Å². The van der Waals surface area contributed by atoms with Gasteiger partial charge in [0.25, 0.3) is 5.91 Å². The van der Waals surface area contributed by atoms with E-state index < -0.39 is 0 Å². The Labute approximate surface area is 153 Å². The maximum Gasteiger partial charge on any atom is 0.251 e. The van der Waals surface area contributed by atoms with Crippen molar-refractivity contribution in [1.29, 1.82) is 0 Å². The fourth-order valence-electron chi connectivity index (χ4n) is 2.76. The van der Waals surface area contributed by atoms with Crippen molar-refractivity contribution < 1.29 is 9.53 Å². The molecular formula is C21H23N3O2. The summed E-state index contributed by atoms with van der Waals surface area (Å²) in [5, 5.41) is 7.43. The number of aromatic nitrogens is 1. The summed E-state index contributed by atoms with van der Waals surface area (Å²) < 4.78 is 5.14. The largest absolute Gasteiger partial charge is 0.497 e. The number of para-hydroxylation sites is 1. The Hall–Kier alpha value is -2.92. The summed E-state index contributed by atoms with van der Waals surface area (Å²) in [6.07, 6.45) is 0. The molecule has 1 amide bonds. The van der Waals surface area contributed by atoms with Crippen molar-refractivity contribution in [3.8, 4) is 5.75 Å². The molecule has 2 N–H and O–H groups in total. The number of hydrogen-bond donors (Lipinski definition) is 2. The monoisotopic (exact) mass is 349 g/mol. The van der Waals surface area contributed by atoms with Gasteiger partial charge in [-0.1, -0.05) is 30.3 Å². The zero-order valence-corrected chi connectivity index (χ0v) is 15.0. The Balaban J connectivity index is 1.49. The molecule has 134 valence electrons. The van der Waals surface area contributed by atoms with E-state index in [1.807, 2.05) is 30.3 Å². The number of carbonyl (C=O) groups excluding carboxylic acids is 1. The van der Waals surface area contributed by atoms with Gasteiger partial charge in [0.05, 0.1) is 18.3 Å². The molecule has 0 aliphatic heterocycles. The molecule has 1 aromatic heterocycles. The van der Waals surface area contributed by atoms with Crippen LogP contribution in [0.3, 0.4) is 0 Å². The Morgan fingerprint density at radius 2 is 1.92 bits per heavy atom. The second kappa shape index (κ2) is 8.45. The highest BCUT2D eigenvalue weighted by Crippen LogP contribution is 2.16. The Morgan fingerprint density at radius 3 is 2.77 bits per heavy atom. The predicted octanol–water partition coefficient (Wildman–Crippen LogP) is 3.32. The second-order valence-corrected chi connectivity index (χ2v) is 6.09. The van der Waals surface area contributed by atoms with E-state index in [0.29, 0.717) is 24.4 Å².